The first kappa shape index (κ1) is 30.5. The molecule has 0 saturated carbocycles. The highest BCUT2D eigenvalue weighted by molar-refractivity contribution is 5.85. The summed E-state index contributed by atoms with van der Waals surface area (Å²) in [7, 11) is 0. The molecule has 2 aromatic carbocycles. The molecule has 2 aromatic rings. The predicted molar refractivity (Wildman–Crippen MR) is 158 cm³/mol. The second kappa shape index (κ2) is 15.5. The van der Waals surface area contributed by atoms with Crippen LogP contribution in [0.5, 0.6) is 0 Å². The fraction of sp³-hybridized carbons (Fsp3) is 0.545. The van der Waals surface area contributed by atoms with Gasteiger partial charge < -0.3 is 10.1 Å². The average Bonchev–Trinajstić information content (AvgIpc) is 2.81. The zero-order chi connectivity index (χ0) is 27.2. The summed E-state index contributed by atoms with van der Waals surface area (Å²) in [5.74, 6) is 6.48. The van der Waals surface area contributed by atoms with Gasteiger partial charge in [0.05, 0.1) is 0 Å². The minimum absolute atomic E-state index is 0.0266. The molecule has 4 heteroatoms. The lowest BCUT2D eigenvalue weighted by molar-refractivity contribution is 0.0527. The number of nitrogens with one attached hydrogen (secondary N) is 1. The number of hydrogen-bond donors (Lipinski definition) is 1. The van der Waals surface area contributed by atoms with Crippen LogP contribution in [-0.4, -0.2) is 36.2 Å². The quantitative estimate of drug-likeness (QED) is 0.221. The van der Waals surface area contributed by atoms with Gasteiger partial charge in [0.2, 0.25) is 0 Å². The third-order valence-corrected chi connectivity index (χ3v) is 5.86. The van der Waals surface area contributed by atoms with Crippen molar-refractivity contribution < 1.29 is 9.53 Å². The van der Waals surface area contributed by atoms with Crippen LogP contribution in [0.4, 0.5) is 4.79 Å². The molecule has 0 aliphatic carbocycles. The molecule has 1 amide bonds. The van der Waals surface area contributed by atoms with E-state index < -0.39 is 5.60 Å². The number of nitrogens with zero attached hydrogens (tertiary/aromatic N) is 1. The van der Waals surface area contributed by atoms with Crippen LogP contribution >= 0.6 is 0 Å². The van der Waals surface area contributed by atoms with Crippen LogP contribution in [0.25, 0.3) is 10.8 Å². The third kappa shape index (κ3) is 13.9. The lowest BCUT2D eigenvalue weighted by Crippen LogP contribution is -2.32. The topological polar surface area (TPSA) is 41.6 Å². The molecule has 37 heavy (non-hydrogen) atoms. The molecule has 0 aromatic heterocycles. The fourth-order valence-electron chi connectivity index (χ4n) is 4.10. The van der Waals surface area contributed by atoms with Crippen LogP contribution in [0.1, 0.15) is 85.6 Å². The van der Waals surface area contributed by atoms with Gasteiger partial charge in [0.25, 0.3) is 0 Å². The number of fused-ring (bicyclic) bond motifs is 1. The van der Waals surface area contributed by atoms with E-state index in [4.69, 9.17) is 4.74 Å². The van der Waals surface area contributed by atoms with Crippen molar-refractivity contribution in [3.63, 3.8) is 0 Å². The van der Waals surface area contributed by atoms with E-state index in [-0.39, 0.29) is 11.5 Å². The molecule has 1 N–H and O–H groups in total. The van der Waals surface area contributed by atoms with E-state index in [9.17, 15) is 4.79 Å². The van der Waals surface area contributed by atoms with Gasteiger partial charge in [-0.25, -0.2) is 4.79 Å². The first-order valence-corrected chi connectivity index (χ1v) is 13.9. The van der Waals surface area contributed by atoms with Crippen LogP contribution in [0.15, 0.2) is 54.6 Å². The molecule has 0 radical (unpaired) electrons. The molecule has 0 fully saturated rings. The normalized spacial score (nSPS) is 12.1. The molecule has 0 spiro atoms. The van der Waals surface area contributed by atoms with Crippen LogP contribution in [0.2, 0.25) is 0 Å². The standard InChI is InChI=1S/C33H48N2O2/c1-32(2,3)23-14-11-17-26-35(27-29-21-18-20-28-19-12-13-22-30(28)29)25-16-10-8-7-9-15-24-34-31(36)37-33(4,5)6/h11-13,17-22H,7-10,15-16,24-27H2,1-6H3,(H,34,36). The number of alkyl carbamates (subject to hydrolysis) is 1. The first-order valence-electron chi connectivity index (χ1n) is 13.9. The Kier molecular flexibility index (Phi) is 12.7. The summed E-state index contributed by atoms with van der Waals surface area (Å²) in [5, 5.41) is 5.48. The Morgan fingerprint density at radius 3 is 2.32 bits per heavy atom. The number of unbranched alkanes of at least 4 members (excludes halogenated alkanes) is 5. The maximum Gasteiger partial charge on any atom is 0.407 e. The van der Waals surface area contributed by atoms with Gasteiger partial charge in [-0.15, -0.1) is 0 Å². The van der Waals surface area contributed by atoms with E-state index in [1.54, 1.807) is 0 Å². The molecular formula is C33H48N2O2. The molecule has 0 aliphatic heterocycles. The van der Waals surface area contributed by atoms with Crippen LogP contribution < -0.4 is 5.32 Å². The summed E-state index contributed by atoms with van der Waals surface area (Å²) in [5.41, 5.74) is 0.963. The summed E-state index contributed by atoms with van der Waals surface area (Å²) in [6.45, 7) is 15.6. The van der Waals surface area contributed by atoms with E-state index >= 15 is 0 Å². The van der Waals surface area contributed by atoms with Crippen molar-refractivity contribution in [3.8, 4) is 11.8 Å². The number of ether oxygens (including phenoxy) is 1. The fourth-order valence-corrected chi connectivity index (χ4v) is 4.10. The van der Waals surface area contributed by atoms with Crippen molar-refractivity contribution in [2.24, 2.45) is 5.41 Å². The monoisotopic (exact) mass is 504 g/mol. The Bertz CT molecular complexity index is 1040. The highest BCUT2D eigenvalue weighted by atomic mass is 16.6. The molecule has 0 bridgehead atoms. The SMILES string of the molecule is CC(C)(C)C#CC=CCN(CCCCCCCCNC(=O)OC(C)(C)C)Cc1cccc2ccccc12. The number of carbonyl (C=O) groups excluding carboxylic acids is 1. The van der Waals surface area contributed by atoms with Gasteiger partial charge in [-0.2, -0.15) is 0 Å². The van der Waals surface area contributed by atoms with Crippen molar-refractivity contribution in [2.75, 3.05) is 19.6 Å². The minimum atomic E-state index is -0.443. The second-order valence-corrected chi connectivity index (χ2v) is 11.8. The smallest absolute Gasteiger partial charge is 0.407 e. The molecule has 0 saturated heterocycles. The van der Waals surface area contributed by atoms with Crippen LogP contribution in [-0.2, 0) is 11.3 Å². The first-order chi connectivity index (χ1) is 17.5. The van der Waals surface area contributed by atoms with Gasteiger partial charge in [-0.1, -0.05) is 86.1 Å². The zero-order valence-corrected chi connectivity index (χ0v) is 24.0. The molecule has 2 rings (SSSR count). The Morgan fingerprint density at radius 2 is 1.59 bits per heavy atom. The summed E-state index contributed by atoms with van der Waals surface area (Å²) in [4.78, 5) is 14.2. The van der Waals surface area contributed by atoms with Crippen molar-refractivity contribution >= 4 is 16.9 Å². The molecule has 0 aliphatic rings. The van der Waals surface area contributed by atoms with E-state index in [0.717, 1.165) is 32.5 Å². The molecule has 202 valence electrons. The molecular weight excluding hydrogens is 456 g/mol. The Labute approximate surface area is 225 Å². The summed E-state index contributed by atoms with van der Waals surface area (Å²) < 4.78 is 5.28. The van der Waals surface area contributed by atoms with Crippen molar-refractivity contribution in [1.29, 1.82) is 0 Å². The van der Waals surface area contributed by atoms with Gasteiger partial charge >= 0.3 is 6.09 Å². The summed E-state index contributed by atoms with van der Waals surface area (Å²) in [6, 6.07) is 15.3. The average molecular weight is 505 g/mol. The zero-order valence-electron chi connectivity index (χ0n) is 24.0. The number of allylic oxidation sites excluding steroid dienone is 1. The highest BCUT2D eigenvalue weighted by Gasteiger charge is 2.15. The maximum atomic E-state index is 11.7. The lowest BCUT2D eigenvalue weighted by Gasteiger charge is -2.22. The third-order valence-electron chi connectivity index (χ3n) is 5.86. The number of rotatable bonds is 13. The van der Waals surface area contributed by atoms with Crippen molar-refractivity contribution in [2.45, 2.75) is 92.2 Å². The summed E-state index contributed by atoms with van der Waals surface area (Å²) >= 11 is 0. The molecule has 0 unspecified atom stereocenters. The van der Waals surface area contributed by atoms with Crippen LogP contribution in [0, 0.1) is 17.3 Å². The highest BCUT2D eigenvalue weighted by Crippen LogP contribution is 2.20. The molecule has 0 atom stereocenters. The summed E-state index contributed by atoms with van der Waals surface area (Å²) in [6.07, 6.45) is 10.8. The number of carbonyl (C=O) groups is 1. The number of hydrogen-bond acceptors (Lipinski definition) is 3. The van der Waals surface area contributed by atoms with Crippen molar-refractivity contribution in [3.05, 3.63) is 60.2 Å². The molecule has 0 heterocycles. The Hall–Kier alpha value is -2.77. The van der Waals surface area contributed by atoms with Gasteiger partial charge in [-0.3, -0.25) is 4.90 Å². The van der Waals surface area contributed by atoms with E-state index in [1.807, 2.05) is 26.8 Å². The minimum Gasteiger partial charge on any atom is -0.444 e. The number of amides is 1. The molecule has 4 nitrogen and oxygen atoms in total. The second-order valence-electron chi connectivity index (χ2n) is 11.8. The van der Waals surface area contributed by atoms with E-state index in [2.05, 4.69) is 91.4 Å². The number of benzene rings is 2. The maximum absolute atomic E-state index is 11.7. The van der Waals surface area contributed by atoms with E-state index in [0.29, 0.717) is 6.54 Å². The predicted octanol–water partition coefficient (Wildman–Crippen LogP) is 8.11. The van der Waals surface area contributed by atoms with Gasteiger partial charge in [0.1, 0.15) is 5.60 Å². The lowest BCUT2D eigenvalue weighted by atomic mass is 9.98. The Balaban J connectivity index is 1.78. The van der Waals surface area contributed by atoms with Gasteiger partial charge in [-0.05, 0) is 83.3 Å². The largest absolute Gasteiger partial charge is 0.444 e. The van der Waals surface area contributed by atoms with Gasteiger partial charge in [0, 0.05) is 25.0 Å². The van der Waals surface area contributed by atoms with E-state index in [1.165, 1.54) is 42.0 Å². The van der Waals surface area contributed by atoms with Crippen LogP contribution in [0.3, 0.4) is 0 Å². The van der Waals surface area contributed by atoms with Crippen molar-refractivity contribution in [1.82, 2.24) is 10.2 Å². The van der Waals surface area contributed by atoms with Gasteiger partial charge in [0.15, 0.2) is 0 Å². The Morgan fingerprint density at radius 1 is 0.919 bits per heavy atom.